The van der Waals surface area contributed by atoms with Gasteiger partial charge in [-0.3, -0.25) is 15.4 Å². The number of urea groups is 1. The van der Waals surface area contributed by atoms with E-state index in [0.717, 1.165) is 0 Å². The Balaban J connectivity index is 2.65. The Labute approximate surface area is 107 Å². The first-order valence-corrected chi connectivity index (χ1v) is 5.14. The maximum atomic E-state index is 11.5. The Morgan fingerprint density at radius 1 is 1.16 bits per heavy atom. The van der Waals surface area contributed by atoms with E-state index in [9.17, 15) is 14.4 Å². The maximum Gasteiger partial charge on any atom is 0.331 e. The minimum absolute atomic E-state index is 0.0793. The van der Waals surface area contributed by atoms with Crippen molar-refractivity contribution in [2.45, 2.75) is 20.8 Å². The zero-order chi connectivity index (χ0) is 14.6. The Hall–Kier alpha value is -2.71. The molecule has 3 N–H and O–H groups in total. The average Bonchev–Trinajstić information content (AvgIpc) is 2.72. The molecule has 9 heteroatoms. The molecule has 1 aromatic heterocycles. The maximum absolute atomic E-state index is 11.5. The summed E-state index contributed by atoms with van der Waals surface area (Å²) in [5, 5.41) is 19.7. The molecular formula is C10H12N4O5. The van der Waals surface area contributed by atoms with Crippen molar-refractivity contribution in [2.24, 2.45) is 0 Å². The molecule has 0 fully saturated rings. The molecule has 0 aliphatic heterocycles. The number of imide groups is 1. The number of aliphatic carboxylic acids is 1. The van der Waals surface area contributed by atoms with Crippen molar-refractivity contribution >= 4 is 23.9 Å². The van der Waals surface area contributed by atoms with Gasteiger partial charge in [-0.15, -0.1) is 5.10 Å². The summed E-state index contributed by atoms with van der Waals surface area (Å²) in [6.07, 6.45) is 0. The molecule has 1 rings (SSSR count). The number of nitrogens with zero attached hydrogens (tertiary/aromatic N) is 2. The summed E-state index contributed by atoms with van der Waals surface area (Å²) in [6, 6.07) is -1.06. The number of amides is 3. The predicted molar refractivity (Wildman–Crippen MR) is 62.2 cm³/mol. The SMILES string of the molecule is CC(C(=O)O)=C(C)C(=O)NC(=O)Nc1nnc(C)o1. The molecule has 0 saturated carbocycles. The highest BCUT2D eigenvalue weighted by Crippen LogP contribution is 2.05. The van der Waals surface area contributed by atoms with Crippen molar-refractivity contribution in [3.05, 3.63) is 17.0 Å². The van der Waals surface area contributed by atoms with E-state index in [-0.39, 0.29) is 23.1 Å². The summed E-state index contributed by atoms with van der Waals surface area (Å²) in [5.74, 6) is -1.81. The zero-order valence-electron chi connectivity index (χ0n) is 10.5. The number of nitrogens with one attached hydrogen (secondary N) is 2. The van der Waals surface area contributed by atoms with Crippen LogP contribution in [0.2, 0.25) is 0 Å². The van der Waals surface area contributed by atoms with Crippen LogP contribution in [0.1, 0.15) is 19.7 Å². The number of rotatable bonds is 3. The van der Waals surface area contributed by atoms with Crippen LogP contribution in [0.4, 0.5) is 10.8 Å². The van der Waals surface area contributed by atoms with Gasteiger partial charge in [0.25, 0.3) is 5.91 Å². The Bertz CT molecular complexity index is 560. The molecule has 19 heavy (non-hydrogen) atoms. The van der Waals surface area contributed by atoms with E-state index >= 15 is 0 Å². The minimum atomic E-state index is -1.24. The van der Waals surface area contributed by atoms with E-state index in [1.165, 1.54) is 20.8 Å². The van der Waals surface area contributed by atoms with Gasteiger partial charge in [-0.1, -0.05) is 5.10 Å². The van der Waals surface area contributed by atoms with Crippen LogP contribution >= 0.6 is 0 Å². The molecule has 0 aromatic carbocycles. The molecule has 1 heterocycles. The van der Waals surface area contributed by atoms with Gasteiger partial charge in [-0.05, 0) is 13.8 Å². The first kappa shape index (κ1) is 14.4. The van der Waals surface area contributed by atoms with Crippen LogP contribution in [0, 0.1) is 6.92 Å². The number of carboxylic acids is 1. The molecule has 102 valence electrons. The number of hydrogen-bond donors (Lipinski definition) is 3. The molecule has 0 saturated heterocycles. The normalized spacial score (nSPS) is 11.5. The third kappa shape index (κ3) is 3.91. The number of carbonyl (C=O) groups is 3. The Morgan fingerprint density at radius 3 is 2.26 bits per heavy atom. The van der Waals surface area contributed by atoms with E-state index in [1.54, 1.807) is 0 Å². The second kappa shape index (κ2) is 5.76. The van der Waals surface area contributed by atoms with Crippen LogP contribution in [0.3, 0.4) is 0 Å². The van der Waals surface area contributed by atoms with E-state index in [2.05, 4.69) is 15.5 Å². The van der Waals surface area contributed by atoms with Gasteiger partial charge in [0.05, 0.1) is 0 Å². The van der Waals surface area contributed by atoms with Crippen LogP contribution in [-0.4, -0.2) is 33.2 Å². The molecule has 9 nitrogen and oxygen atoms in total. The Kier molecular flexibility index (Phi) is 4.35. The van der Waals surface area contributed by atoms with Gasteiger partial charge in [-0.25, -0.2) is 9.59 Å². The van der Waals surface area contributed by atoms with Crippen molar-refractivity contribution in [1.82, 2.24) is 15.5 Å². The highest BCUT2D eigenvalue weighted by atomic mass is 16.4. The van der Waals surface area contributed by atoms with E-state index in [1.807, 2.05) is 5.32 Å². The lowest BCUT2D eigenvalue weighted by Gasteiger charge is -2.05. The van der Waals surface area contributed by atoms with Gasteiger partial charge in [0, 0.05) is 18.1 Å². The van der Waals surface area contributed by atoms with Gasteiger partial charge >= 0.3 is 18.0 Å². The topological polar surface area (TPSA) is 134 Å². The molecule has 3 amide bonds. The van der Waals surface area contributed by atoms with Gasteiger partial charge in [-0.2, -0.15) is 0 Å². The smallest absolute Gasteiger partial charge is 0.331 e. The lowest BCUT2D eigenvalue weighted by Crippen LogP contribution is -2.35. The highest BCUT2D eigenvalue weighted by Gasteiger charge is 2.16. The van der Waals surface area contributed by atoms with Gasteiger partial charge in [0.15, 0.2) is 0 Å². The summed E-state index contributed by atoms with van der Waals surface area (Å²) in [7, 11) is 0. The number of aromatic nitrogens is 2. The van der Waals surface area contributed by atoms with E-state index in [4.69, 9.17) is 9.52 Å². The van der Waals surface area contributed by atoms with Crippen molar-refractivity contribution in [3.63, 3.8) is 0 Å². The molecule has 0 bridgehead atoms. The molecule has 0 radical (unpaired) electrons. The quantitative estimate of drug-likeness (QED) is 0.677. The van der Waals surface area contributed by atoms with Crippen LogP contribution in [0.5, 0.6) is 0 Å². The summed E-state index contributed by atoms with van der Waals surface area (Å²) in [6.45, 7) is 4.09. The number of anilines is 1. The van der Waals surface area contributed by atoms with Crippen LogP contribution in [0.15, 0.2) is 15.6 Å². The van der Waals surface area contributed by atoms with Crippen molar-refractivity contribution in [2.75, 3.05) is 5.32 Å². The standard InChI is InChI=1S/C10H12N4O5/c1-4(5(2)8(16)17)7(15)11-9(18)12-10-14-13-6(3)19-10/h1-3H3,(H,16,17)(H2,11,12,14,15,18). The molecule has 0 aliphatic rings. The first-order chi connectivity index (χ1) is 8.81. The fourth-order valence-corrected chi connectivity index (χ4v) is 1.00. The zero-order valence-corrected chi connectivity index (χ0v) is 10.5. The summed E-state index contributed by atoms with van der Waals surface area (Å²) >= 11 is 0. The Morgan fingerprint density at radius 2 is 1.79 bits per heavy atom. The van der Waals surface area contributed by atoms with Crippen molar-refractivity contribution in [3.8, 4) is 0 Å². The first-order valence-electron chi connectivity index (χ1n) is 5.14. The lowest BCUT2D eigenvalue weighted by molar-refractivity contribution is -0.133. The van der Waals surface area contributed by atoms with E-state index in [0.29, 0.717) is 0 Å². The fraction of sp³-hybridized carbons (Fsp3) is 0.300. The number of aryl methyl sites for hydroxylation is 1. The monoisotopic (exact) mass is 268 g/mol. The highest BCUT2D eigenvalue weighted by molar-refractivity contribution is 6.09. The van der Waals surface area contributed by atoms with Crippen LogP contribution in [-0.2, 0) is 9.59 Å². The summed E-state index contributed by atoms with van der Waals surface area (Å²) in [5.41, 5.74) is -0.233. The van der Waals surface area contributed by atoms with Gasteiger partial charge < -0.3 is 9.52 Å². The molecule has 1 aromatic rings. The second-order valence-corrected chi connectivity index (χ2v) is 3.59. The predicted octanol–water partition coefficient (Wildman–Crippen LogP) is 0.447. The molecule has 0 aliphatic carbocycles. The third-order valence-electron chi connectivity index (χ3n) is 2.20. The van der Waals surface area contributed by atoms with Crippen LogP contribution < -0.4 is 10.6 Å². The van der Waals surface area contributed by atoms with Gasteiger partial charge in [0.1, 0.15) is 0 Å². The fourth-order valence-electron chi connectivity index (χ4n) is 1.00. The van der Waals surface area contributed by atoms with Gasteiger partial charge in [0.2, 0.25) is 5.89 Å². The molecule has 0 unspecified atom stereocenters. The summed E-state index contributed by atoms with van der Waals surface area (Å²) in [4.78, 5) is 33.6. The summed E-state index contributed by atoms with van der Waals surface area (Å²) < 4.78 is 4.87. The molecular weight excluding hydrogens is 256 g/mol. The molecule has 0 atom stereocenters. The second-order valence-electron chi connectivity index (χ2n) is 3.59. The van der Waals surface area contributed by atoms with Crippen molar-refractivity contribution < 1.29 is 23.9 Å². The third-order valence-corrected chi connectivity index (χ3v) is 2.20. The van der Waals surface area contributed by atoms with Crippen molar-refractivity contribution in [1.29, 1.82) is 0 Å². The van der Waals surface area contributed by atoms with Crippen LogP contribution in [0.25, 0.3) is 0 Å². The number of hydrogen-bond acceptors (Lipinski definition) is 6. The molecule has 0 spiro atoms. The number of carboxylic acid groups (broad SMARTS) is 1. The number of carbonyl (C=O) groups excluding carboxylic acids is 2. The minimum Gasteiger partial charge on any atom is -0.478 e. The average molecular weight is 268 g/mol. The lowest BCUT2D eigenvalue weighted by atomic mass is 10.1. The largest absolute Gasteiger partial charge is 0.478 e. The van der Waals surface area contributed by atoms with E-state index < -0.39 is 17.9 Å².